The van der Waals surface area contributed by atoms with Gasteiger partial charge in [0.25, 0.3) is 5.91 Å². The molecule has 0 radical (unpaired) electrons. The number of benzene rings is 1. The monoisotopic (exact) mass is 392 g/mol. The van der Waals surface area contributed by atoms with Crippen LogP contribution in [0, 0.1) is 0 Å². The highest BCUT2D eigenvalue weighted by molar-refractivity contribution is 6.30. The Bertz CT molecular complexity index is 1090. The summed E-state index contributed by atoms with van der Waals surface area (Å²) < 4.78 is 7.20. The topological polar surface area (TPSA) is 64.2 Å². The Hall–Kier alpha value is -3.38. The summed E-state index contributed by atoms with van der Waals surface area (Å²) in [5, 5.41) is 5.12. The summed E-state index contributed by atoms with van der Waals surface area (Å²) in [6, 6.07) is 16.4. The summed E-state index contributed by atoms with van der Waals surface area (Å²) in [6.07, 6.45) is 4.99. The van der Waals surface area contributed by atoms with Crippen LogP contribution in [-0.2, 0) is 6.54 Å². The Morgan fingerprint density at radius 3 is 2.68 bits per heavy atom. The summed E-state index contributed by atoms with van der Waals surface area (Å²) >= 11 is 6.14. The van der Waals surface area contributed by atoms with E-state index in [2.05, 4.69) is 10.1 Å². The molecule has 0 unspecified atom stereocenters. The molecule has 0 saturated carbocycles. The molecule has 0 aliphatic carbocycles. The number of hydrogen-bond donors (Lipinski definition) is 0. The van der Waals surface area contributed by atoms with Gasteiger partial charge >= 0.3 is 0 Å². The van der Waals surface area contributed by atoms with Crippen LogP contribution in [0.5, 0.6) is 0 Å². The van der Waals surface area contributed by atoms with Crippen LogP contribution in [-0.4, -0.2) is 32.6 Å². The normalized spacial score (nSPS) is 10.8. The number of furan rings is 1. The molecule has 0 bridgehead atoms. The molecule has 1 aromatic carbocycles. The highest BCUT2D eigenvalue weighted by Crippen LogP contribution is 2.26. The highest BCUT2D eigenvalue weighted by Gasteiger charge is 2.21. The van der Waals surface area contributed by atoms with Crippen molar-refractivity contribution >= 4 is 17.5 Å². The zero-order chi connectivity index (χ0) is 19.5. The Balaban J connectivity index is 1.70. The Morgan fingerprint density at radius 1 is 1.14 bits per heavy atom. The summed E-state index contributed by atoms with van der Waals surface area (Å²) in [7, 11) is 1.74. The summed E-state index contributed by atoms with van der Waals surface area (Å²) in [6.45, 7) is 0.460. The molecule has 28 heavy (non-hydrogen) atoms. The second kappa shape index (κ2) is 7.70. The molecule has 0 atom stereocenters. The smallest absolute Gasteiger partial charge is 0.274 e. The van der Waals surface area contributed by atoms with Crippen LogP contribution in [0.2, 0.25) is 5.02 Å². The van der Waals surface area contributed by atoms with Crippen LogP contribution in [0.25, 0.3) is 17.1 Å². The fraction of sp³-hybridized carbons (Fsp3) is 0.0952. The Labute approximate surface area is 167 Å². The predicted molar refractivity (Wildman–Crippen MR) is 106 cm³/mol. The molecule has 0 aliphatic heterocycles. The molecule has 4 aromatic rings. The average Bonchev–Trinajstić information content (AvgIpc) is 3.38. The van der Waals surface area contributed by atoms with Crippen LogP contribution >= 0.6 is 11.6 Å². The minimum absolute atomic E-state index is 0.189. The van der Waals surface area contributed by atoms with E-state index in [1.807, 2.05) is 30.3 Å². The van der Waals surface area contributed by atoms with Gasteiger partial charge in [-0.05, 0) is 48.0 Å². The number of halogens is 1. The van der Waals surface area contributed by atoms with Crippen LogP contribution in [0.4, 0.5) is 0 Å². The van der Waals surface area contributed by atoms with E-state index in [4.69, 9.17) is 16.0 Å². The van der Waals surface area contributed by atoms with E-state index >= 15 is 0 Å². The van der Waals surface area contributed by atoms with Crippen molar-refractivity contribution in [2.75, 3.05) is 7.05 Å². The number of nitrogens with zero attached hydrogens (tertiary/aromatic N) is 4. The molecule has 4 rings (SSSR count). The fourth-order valence-electron chi connectivity index (χ4n) is 2.92. The average molecular weight is 393 g/mol. The van der Waals surface area contributed by atoms with Gasteiger partial charge in [0.15, 0.2) is 11.5 Å². The van der Waals surface area contributed by atoms with Crippen LogP contribution in [0.15, 0.2) is 77.7 Å². The van der Waals surface area contributed by atoms with Gasteiger partial charge in [-0.1, -0.05) is 17.7 Å². The number of hydrogen-bond acceptors (Lipinski definition) is 4. The van der Waals surface area contributed by atoms with E-state index in [0.29, 0.717) is 28.7 Å². The second-order valence-electron chi connectivity index (χ2n) is 6.30. The third-order valence-corrected chi connectivity index (χ3v) is 4.51. The first-order valence-electron chi connectivity index (χ1n) is 8.66. The highest BCUT2D eigenvalue weighted by atomic mass is 35.5. The van der Waals surface area contributed by atoms with E-state index in [0.717, 1.165) is 11.3 Å². The van der Waals surface area contributed by atoms with Crippen LogP contribution < -0.4 is 0 Å². The molecule has 0 fully saturated rings. The number of rotatable bonds is 5. The van der Waals surface area contributed by atoms with Crippen molar-refractivity contribution in [2.24, 2.45) is 0 Å². The lowest BCUT2D eigenvalue weighted by Crippen LogP contribution is -2.26. The van der Waals surface area contributed by atoms with Crippen LogP contribution in [0.1, 0.15) is 16.1 Å². The lowest BCUT2D eigenvalue weighted by molar-refractivity contribution is 0.0779. The molecule has 7 heteroatoms. The molecule has 6 nitrogen and oxygen atoms in total. The molecule has 0 aliphatic rings. The third-order valence-electron chi connectivity index (χ3n) is 4.27. The first-order valence-corrected chi connectivity index (χ1v) is 9.04. The molecule has 0 saturated heterocycles. The van der Waals surface area contributed by atoms with Gasteiger partial charge in [-0.25, -0.2) is 4.68 Å². The molecule has 3 aromatic heterocycles. The zero-order valence-electron chi connectivity index (χ0n) is 15.1. The van der Waals surface area contributed by atoms with Crippen LogP contribution in [0.3, 0.4) is 0 Å². The van der Waals surface area contributed by atoms with Gasteiger partial charge in [-0.2, -0.15) is 5.10 Å². The molecule has 3 heterocycles. The minimum Gasteiger partial charge on any atom is -0.463 e. The first kappa shape index (κ1) is 18.0. The van der Waals surface area contributed by atoms with Crippen molar-refractivity contribution in [3.05, 3.63) is 89.5 Å². The summed E-state index contributed by atoms with van der Waals surface area (Å²) in [4.78, 5) is 18.6. The molecule has 0 spiro atoms. The zero-order valence-corrected chi connectivity index (χ0v) is 15.9. The molecular formula is C21H17ClN4O2. The summed E-state index contributed by atoms with van der Waals surface area (Å²) in [5.41, 5.74) is 2.73. The van der Waals surface area contributed by atoms with Gasteiger partial charge in [0.05, 0.1) is 12.0 Å². The molecule has 0 N–H and O–H groups in total. The molecule has 1 amide bonds. The van der Waals surface area contributed by atoms with Gasteiger partial charge in [0.1, 0.15) is 5.69 Å². The summed E-state index contributed by atoms with van der Waals surface area (Å²) in [5.74, 6) is 0.425. The quantitative estimate of drug-likeness (QED) is 0.503. The van der Waals surface area contributed by atoms with E-state index < -0.39 is 0 Å². The number of aromatic nitrogens is 3. The maximum atomic E-state index is 13.0. The van der Waals surface area contributed by atoms with Gasteiger partial charge in [-0.15, -0.1) is 0 Å². The largest absolute Gasteiger partial charge is 0.463 e. The van der Waals surface area contributed by atoms with E-state index in [-0.39, 0.29) is 5.91 Å². The fourth-order valence-corrected chi connectivity index (χ4v) is 3.10. The standard InChI is InChI=1S/C21H17ClN4O2/c1-25(14-15-7-9-23-10-8-15)21(27)18-13-19(20-6-3-11-28-20)26(24-18)17-5-2-4-16(22)12-17/h2-13H,14H2,1H3. The third kappa shape index (κ3) is 3.68. The number of amides is 1. The maximum Gasteiger partial charge on any atom is 0.274 e. The number of carbonyl (C=O) groups is 1. The van der Waals surface area contributed by atoms with E-state index in [1.54, 1.807) is 59.6 Å². The lowest BCUT2D eigenvalue weighted by Gasteiger charge is -2.15. The molecular weight excluding hydrogens is 376 g/mol. The SMILES string of the molecule is CN(Cc1ccncc1)C(=O)c1cc(-c2ccco2)n(-c2cccc(Cl)c2)n1. The maximum absolute atomic E-state index is 13.0. The van der Waals surface area contributed by atoms with Crippen molar-refractivity contribution in [3.63, 3.8) is 0 Å². The molecule has 140 valence electrons. The van der Waals surface area contributed by atoms with Crippen molar-refractivity contribution in [3.8, 4) is 17.1 Å². The van der Waals surface area contributed by atoms with Gasteiger partial charge in [-0.3, -0.25) is 9.78 Å². The van der Waals surface area contributed by atoms with E-state index in [9.17, 15) is 4.79 Å². The predicted octanol–water partition coefficient (Wildman–Crippen LogP) is 4.45. The first-order chi connectivity index (χ1) is 13.6. The van der Waals surface area contributed by atoms with Crippen molar-refractivity contribution < 1.29 is 9.21 Å². The van der Waals surface area contributed by atoms with Crippen molar-refractivity contribution in [2.45, 2.75) is 6.54 Å². The Morgan fingerprint density at radius 2 is 1.96 bits per heavy atom. The minimum atomic E-state index is -0.189. The van der Waals surface area contributed by atoms with E-state index in [1.165, 1.54) is 0 Å². The van der Waals surface area contributed by atoms with Gasteiger partial charge in [0.2, 0.25) is 0 Å². The van der Waals surface area contributed by atoms with Crippen molar-refractivity contribution in [1.29, 1.82) is 0 Å². The number of pyridine rings is 1. The Kier molecular flexibility index (Phi) is 4.95. The van der Waals surface area contributed by atoms with Gasteiger partial charge < -0.3 is 9.32 Å². The second-order valence-corrected chi connectivity index (χ2v) is 6.74. The van der Waals surface area contributed by atoms with Crippen molar-refractivity contribution in [1.82, 2.24) is 19.7 Å². The number of carbonyl (C=O) groups excluding carboxylic acids is 1. The lowest BCUT2D eigenvalue weighted by atomic mass is 10.2. The van der Waals surface area contributed by atoms with Gasteiger partial charge in [0, 0.05) is 37.1 Å².